The van der Waals surface area contributed by atoms with Crippen LogP contribution in [0.15, 0.2) is 45.9 Å². The molecule has 0 saturated carbocycles. The average Bonchev–Trinajstić information content (AvgIpc) is 3.11. The van der Waals surface area contributed by atoms with Crippen LogP contribution in [0.3, 0.4) is 0 Å². The van der Waals surface area contributed by atoms with E-state index in [-0.39, 0.29) is 22.8 Å². The van der Waals surface area contributed by atoms with Gasteiger partial charge in [0.1, 0.15) is 17.4 Å². The third-order valence-corrected chi connectivity index (χ3v) is 5.46. The van der Waals surface area contributed by atoms with Crippen molar-refractivity contribution in [1.82, 2.24) is 4.72 Å². The summed E-state index contributed by atoms with van der Waals surface area (Å²) in [6.45, 7) is -0.114. The molecule has 2 atom stereocenters. The van der Waals surface area contributed by atoms with Crippen LogP contribution in [-0.2, 0) is 27.8 Å². The van der Waals surface area contributed by atoms with Gasteiger partial charge in [-0.1, -0.05) is 0 Å². The maximum atomic E-state index is 13.0. The molecular formula is C16H14F3NO6S. The second kappa shape index (κ2) is 6.89. The van der Waals surface area contributed by atoms with Crippen molar-refractivity contribution in [3.05, 3.63) is 47.9 Å². The van der Waals surface area contributed by atoms with Crippen LogP contribution in [0, 0.1) is 5.92 Å². The predicted molar refractivity (Wildman–Crippen MR) is 84.5 cm³/mol. The molecule has 3 rings (SSSR count). The molecular weight excluding hydrogens is 391 g/mol. The van der Waals surface area contributed by atoms with Gasteiger partial charge < -0.3 is 14.3 Å². The first-order valence-electron chi connectivity index (χ1n) is 7.69. The Hall–Kier alpha value is -2.53. The Kier molecular flexibility index (Phi) is 4.91. The number of halogens is 3. The predicted octanol–water partition coefficient (Wildman–Crippen LogP) is 2.32. The Morgan fingerprint density at radius 3 is 2.63 bits per heavy atom. The number of carboxylic acid groups (broad SMARTS) is 1. The largest absolute Gasteiger partial charge is 0.481 e. The van der Waals surface area contributed by atoms with Gasteiger partial charge in [0.2, 0.25) is 16.1 Å². The summed E-state index contributed by atoms with van der Waals surface area (Å²) in [4.78, 5) is 11.0. The Balaban J connectivity index is 1.86. The summed E-state index contributed by atoms with van der Waals surface area (Å²) in [6, 6.07) is 6.45. The Bertz CT molecular complexity index is 940. The van der Waals surface area contributed by atoms with Gasteiger partial charge in [0.15, 0.2) is 0 Å². The lowest BCUT2D eigenvalue weighted by Crippen LogP contribution is -2.47. The van der Waals surface area contributed by atoms with E-state index >= 15 is 0 Å². The van der Waals surface area contributed by atoms with Crippen LogP contribution in [0.1, 0.15) is 11.3 Å². The molecule has 1 aliphatic rings. The third-order valence-electron chi connectivity index (χ3n) is 4.06. The number of benzene rings is 1. The number of furan rings is 1. The zero-order valence-corrected chi connectivity index (χ0v) is 14.4. The van der Waals surface area contributed by atoms with Gasteiger partial charge in [0, 0.05) is 0 Å². The fraction of sp³-hybridized carbons (Fsp3) is 0.312. The molecule has 0 spiro atoms. The lowest BCUT2D eigenvalue weighted by molar-refractivity contribution is -0.217. The number of nitrogens with one attached hydrogen (secondary N) is 1. The minimum Gasteiger partial charge on any atom is -0.481 e. The molecule has 7 nitrogen and oxygen atoms in total. The highest BCUT2D eigenvalue weighted by molar-refractivity contribution is 7.89. The standard InChI is InChI=1S/C16H14F3NO6S/c17-16(18,19)14-12(15(21)22)7-9-6-11(3-4-13(9)26-14)27(23,24)20-8-10-2-1-5-25-10/h1-6,12,14,20H,7-8H2,(H,21,22)/t12-,14+/m1/s1. The minimum absolute atomic E-state index is 0.0729. The SMILES string of the molecule is O=C(O)[C@@H]1Cc2cc(S(=O)(=O)NCc3ccco3)ccc2O[C@@H]1C(F)(F)F. The highest BCUT2D eigenvalue weighted by Gasteiger charge is 2.52. The van der Waals surface area contributed by atoms with Crippen LogP contribution < -0.4 is 9.46 Å². The molecule has 0 saturated heterocycles. The van der Waals surface area contributed by atoms with Gasteiger partial charge in [-0.15, -0.1) is 0 Å². The molecule has 27 heavy (non-hydrogen) atoms. The first kappa shape index (κ1) is 19.2. The zero-order valence-electron chi connectivity index (χ0n) is 13.6. The summed E-state index contributed by atoms with van der Waals surface area (Å²) >= 11 is 0. The summed E-state index contributed by atoms with van der Waals surface area (Å²) in [5.74, 6) is -3.36. The lowest BCUT2D eigenvalue weighted by atomic mass is 9.90. The van der Waals surface area contributed by atoms with Crippen LogP contribution >= 0.6 is 0 Å². The third kappa shape index (κ3) is 4.08. The molecule has 1 aromatic carbocycles. The van der Waals surface area contributed by atoms with Crippen molar-refractivity contribution in [2.24, 2.45) is 5.92 Å². The molecule has 146 valence electrons. The first-order chi connectivity index (χ1) is 12.6. The molecule has 0 bridgehead atoms. The number of carboxylic acids is 1. The monoisotopic (exact) mass is 405 g/mol. The number of carbonyl (C=O) groups is 1. The van der Waals surface area contributed by atoms with Crippen LogP contribution in [0.25, 0.3) is 0 Å². The maximum Gasteiger partial charge on any atom is 0.426 e. The van der Waals surface area contributed by atoms with E-state index in [0.29, 0.717) is 5.76 Å². The topological polar surface area (TPSA) is 106 Å². The van der Waals surface area contributed by atoms with E-state index in [1.165, 1.54) is 6.26 Å². The van der Waals surface area contributed by atoms with E-state index in [0.717, 1.165) is 18.2 Å². The number of rotatable bonds is 5. The fourth-order valence-corrected chi connectivity index (χ4v) is 3.78. The molecule has 2 aromatic rings. The van der Waals surface area contributed by atoms with Crippen LogP contribution in [0.4, 0.5) is 13.2 Å². The summed E-state index contributed by atoms with van der Waals surface area (Å²) in [5, 5.41) is 9.10. The molecule has 2 heterocycles. The number of aliphatic carboxylic acids is 1. The molecule has 1 aliphatic heterocycles. The van der Waals surface area contributed by atoms with Crippen molar-refractivity contribution in [2.75, 3.05) is 0 Å². The Labute approximate surface area is 151 Å². The van der Waals surface area contributed by atoms with Gasteiger partial charge in [-0.3, -0.25) is 4.79 Å². The Morgan fingerprint density at radius 2 is 2.04 bits per heavy atom. The second-order valence-electron chi connectivity index (χ2n) is 5.90. The summed E-state index contributed by atoms with van der Waals surface area (Å²) in [6.07, 6.45) is -6.49. The van der Waals surface area contributed by atoms with Crippen molar-refractivity contribution in [1.29, 1.82) is 0 Å². The summed E-state index contributed by atoms with van der Waals surface area (Å²) in [7, 11) is -3.98. The normalized spacial score (nSPS) is 20.0. The number of hydrogen-bond donors (Lipinski definition) is 2. The van der Waals surface area contributed by atoms with Crippen molar-refractivity contribution >= 4 is 16.0 Å². The van der Waals surface area contributed by atoms with Crippen molar-refractivity contribution in [2.45, 2.75) is 30.1 Å². The maximum absolute atomic E-state index is 13.0. The van der Waals surface area contributed by atoms with Gasteiger partial charge in [-0.2, -0.15) is 13.2 Å². The highest BCUT2D eigenvalue weighted by atomic mass is 32.2. The molecule has 0 radical (unpaired) electrons. The quantitative estimate of drug-likeness (QED) is 0.791. The highest BCUT2D eigenvalue weighted by Crippen LogP contribution is 2.39. The van der Waals surface area contributed by atoms with E-state index in [4.69, 9.17) is 14.3 Å². The smallest absolute Gasteiger partial charge is 0.426 e. The van der Waals surface area contributed by atoms with E-state index in [1.54, 1.807) is 12.1 Å². The van der Waals surface area contributed by atoms with Gasteiger partial charge >= 0.3 is 12.1 Å². The van der Waals surface area contributed by atoms with Crippen molar-refractivity contribution in [3.63, 3.8) is 0 Å². The molecule has 1 aromatic heterocycles. The molecule has 0 fully saturated rings. The van der Waals surface area contributed by atoms with Crippen molar-refractivity contribution < 1.29 is 40.6 Å². The van der Waals surface area contributed by atoms with Crippen LogP contribution in [-0.4, -0.2) is 31.8 Å². The number of sulfonamides is 1. The van der Waals surface area contributed by atoms with E-state index < -0.39 is 40.6 Å². The van der Waals surface area contributed by atoms with Gasteiger partial charge in [0.05, 0.1) is 17.7 Å². The first-order valence-corrected chi connectivity index (χ1v) is 9.17. The number of alkyl halides is 3. The fourth-order valence-electron chi connectivity index (χ4n) is 2.73. The van der Waals surface area contributed by atoms with Gasteiger partial charge in [-0.25, -0.2) is 13.1 Å². The molecule has 2 N–H and O–H groups in total. The molecule has 0 unspecified atom stereocenters. The van der Waals surface area contributed by atoms with Crippen LogP contribution in [0.5, 0.6) is 5.75 Å². The minimum atomic E-state index is -4.86. The summed E-state index contributed by atoms with van der Waals surface area (Å²) < 4.78 is 76.0. The van der Waals surface area contributed by atoms with Gasteiger partial charge in [-0.05, 0) is 42.3 Å². The lowest BCUT2D eigenvalue weighted by Gasteiger charge is -2.32. The van der Waals surface area contributed by atoms with Crippen molar-refractivity contribution in [3.8, 4) is 5.75 Å². The number of hydrogen-bond acceptors (Lipinski definition) is 5. The average molecular weight is 405 g/mol. The molecule has 0 amide bonds. The van der Waals surface area contributed by atoms with E-state index in [2.05, 4.69) is 4.72 Å². The van der Waals surface area contributed by atoms with Gasteiger partial charge in [0.25, 0.3) is 0 Å². The second-order valence-corrected chi connectivity index (χ2v) is 7.67. The number of ether oxygens (including phenoxy) is 1. The van der Waals surface area contributed by atoms with E-state index in [9.17, 15) is 26.4 Å². The summed E-state index contributed by atoms with van der Waals surface area (Å²) in [5.41, 5.74) is 0.0729. The molecule has 11 heteroatoms. The zero-order chi connectivity index (χ0) is 19.8. The number of fused-ring (bicyclic) bond motifs is 1. The molecule has 0 aliphatic carbocycles. The Morgan fingerprint density at radius 1 is 1.30 bits per heavy atom. The van der Waals surface area contributed by atoms with Crippen LogP contribution in [0.2, 0.25) is 0 Å². The van der Waals surface area contributed by atoms with E-state index in [1.807, 2.05) is 0 Å².